The Balaban J connectivity index is 1.97. The lowest BCUT2D eigenvalue weighted by atomic mass is 9.96. The van der Waals surface area contributed by atoms with Crippen molar-refractivity contribution >= 4 is 11.3 Å². The van der Waals surface area contributed by atoms with Crippen molar-refractivity contribution in [3.8, 4) is 5.75 Å². The minimum atomic E-state index is 0.466. The molecule has 4 heteroatoms. The highest BCUT2D eigenvalue weighted by atomic mass is 32.1. The molecule has 0 aliphatic heterocycles. The third kappa shape index (κ3) is 4.04. The summed E-state index contributed by atoms with van der Waals surface area (Å²) in [4.78, 5) is 5.62. The summed E-state index contributed by atoms with van der Waals surface area (Å²) in [6.07, 6.45) is 3.97. The van der Waals surface area contributed by atoms with Crippen molar-refractivity contribution in [1.29, 1.82) is 0 Å². The number of aromatic nitrogens is 1. The topological polar surface area (TPSA) is 48.1 Å². The molecule has 0 saturated carbocycles. The van der Waals surface area contributed by atoms with Gasteiger partial charge in [0.15, 0.2) is 0 Å². The van der Waals surface area contributed by atoms with Gasteiger partial charge in [-0.3, -0.25) is 0 Å². The maximum atomic E-state index is 5.89. The molecule has 2 N–H and O–H groups in total. The number of ether oxygens (including phenoxy) is 1. The van der Waals surface area contributed by atoms with Gasteiger partial charge in [0.05, 0.1) is 12.1 Å². The van der Waals surface area contributed by atoms with Crippen LogP contribution < -0.4 is 10.5 Å². The Morgan fingerprint density at radius 1 is 1.26 bits per heavy atom. The number of methoxy groups -OCH3 is 1. The number of benzene rings is 1. The van der Waals surface area contributed by atoms with Crippen molar-refractivity contribution in [2.45, 2.75) is 19.8 Å². The van der Waals surface area contributed by atoms with Gasteiger partial charge in [-0.05, 0) is 49.9 Å². The minimum Gasteiger partial charge on any atom is -0.497 e. The number of nitrogens with two attached hydrogens (primary N) is 1. The second-order valence-corrected chi connectivity index (χ2v) is 6.02. The van der Waals surface area contributed by atoms with Crippen LogP contribution >= 0.6 is 11.3 Å². The molecule has 0 aliphatic rings. The predicted octanol–water partition coefficient (Wildman–Crippen LogP) is 2.82. The van der Waals surface area contributed by atoms with E-state index in [-0.39, 0.29) is 0 Å². The summed E-state index contributed by atoms with van der Waals surface area (Å²) in [6, 6.07) is 8.22. The molecular formula is C15H20N2OS. The Kier molecular flexibility index (Phi) is 4.93. The Hall–Kier alpha value is -1.39. The molecule has 0 saturated heterocycles. The van der Waals surface area contributed by atoms with E-state index in [4.69, 9.17) is 10.5 Å². The molecule has 2 aromatic rings. The first-order valence-corrected chi connectivity index (χ1v) is 7.27. The molecule has 1 unspecified atom stereocenters. The molecule has 1 heterocycles. The summed E-state index contributed by atoms with van der Waals surface area (Å²) >= 11 is 1.76. The lowest BCUT2D eigenvalue weighted by Gasteiger charge is -2.13. The van der Waals surface area contributed by atoms with Crippen LogP contribution in [0.4, 0.5) is 0 Å². The Labute approximate surface area is 118 Å². The van der Waals surface area contributed by atoms with Crippen LogP contribution in [-0.4, -0.2) is 18.6 Å². The van der Waals surface area contributed by atoms with Gasteiger partial charge in [0.2, 0.25) is 0 Å². The molecule has 1 aromatic carbocycles. The highest BCUT2D eigenvalue weighted by Crippen LogP contribution is 2.20. The number of thiazole rings is 1. The lowest BCUT2D eigenvalue weighted by Crippen LogP contribution is -2.18. The predicted molar refractivity (Wildman–Crippen MR) is 79.8 cm³/mol. The van der Waals surface area contributed by atoms with Crippen LogP contribution in [-0.2, 0) is 12.8 Å². The Morgan fingerprint density at radius 3 is 2.53 bits per heavy atom. The van der Waals surface area contributed by atoms with E-state index in [1.54, 1.807) is 18.4 Å². The summed E-state index contributed by atoms with van der Waals surface area (Å²) in [5, 5.41) is 1.12. The van der Waals surface area contributed by atoms with Crippen molar-refractivity contribution < 1.29 is 4.74 Å². The Bertz CT molecular complexity index is 507. The monoisotopic (exact) mass is 276 g/mol. The molecular weight excluding hydrogens is 256 g/mol. The molecule has 0 fully saturated rings. The zero-order valence-electron chi connectivity index (χ0n) is 11.4. The van der Waals surface area contributed by atoms with Crippen LogP contribution in [0.3, 0.4) is 0 Å². The maximum Gasteiger partial charge on any atom is 0.118 e. The first-order valence-electron chi connectivity index (χ1n) is 6.45. The third-order valence-electron chi connectivity index (χ3n) is 3.18. The molecule has 19 heavy (non-hydrogen) atoms. The van der Waals surface area contributed by atoms with E-state index >= 15 is 0 Å². The van der Waals surface area contributed by atoms with E-state index in [2.05, 4.69) is 17.1 Å². The summed E-state index contributed by atoms with van der Waals surface area (Å²) in [6.45, 7) is 2.73. The number of aryl methyl sites for hydroxylation is 1. The van der Waals surface area contributed by atoms with Gasteiger partial charge in [-0.1, -0.05) is 12.1 Å². The fourth-order valence-corrected chi connectivity index (χ4v) is 3.03. The van der Waals surface area contributed by atoms with Crippen LogP contribution in [0.5, 0.6) is 5.75 Å². The lowest BCUT2D eigenvalue weighted by molar-refractivity contribution is 0.414. The van der Waals surface area contributed by atoms with Crippen molar-refractivity contribution in [3.63, 3.8) is 0 Å². The van der Waals surface area contributed by atoms with Gasteiger partial charge in [0.25, 0.3) is 0 Å². The second kappa shape index (κ2) is 6.68. The molecule has 1 aromatic heterocycles. The first kappa shape index (κ1) is 14.0. The molecule has 0 amide bonds. The fraction of sp³-hybridized carbons (Fsp3) is 0.400. The normalized spacial score (nSPS) is 12.4. The molecule has 0 aliphatic carbocycles. The van der Waals surface area contributed by atoms with E-state index in [0.29, 0.717) is 12.5 Å². The standard InChI is InChI=1S/C15H20N2OS/c1-11-17-10-15(19-11)8-13(9-16)7-12-3-5-14(18-2)6-4-12/h3-6,10,13H,7-9,16H2,1-2H3. The zero-order chi connectivity index (χ0) is 13.7. The largest absolute Gasteiger partial charge is 0.497 e. The molecule has 102 valence electrons. The zero-order valence-corrected chi connectivity index (χ0v) is 12.2. The highest BCUT2D eigenvalue weighted by molar-refractivity contribution is 7.11. The van der Waals surface area contributed by atoms with Crippen molar-refractivity contribution in [2.75, 3.05) is 13.7 Å². The Morgan fingerprint density at radius 2 is 2.00 bits per heavy atom. The molecule has 0 spiro atoms. The van der Waals surface area contributed by atoms with E-state index in [1.807, 2.05) is 25.3 Å². The average Bonchev–Trinajstić information content (AvgIpc) is 2.84. The molecule has 0 radical (unpaired) electrons. The van der Waals surface area contributed by atoms with E-state index < -0.39 is 0 Å². The SMILES string of the molecule is COc1ccc(CC(CN)Cc2cnc(C)s2)cc1. The van der Waals surface area contributed by atoms with Crippen LogP contribution in [0.1, 0.15) is 15.4 Å². The number of hydrogen-bond donors (Lipinski definition) is 1. The second-order valence-electron chi connectivity index (χ2n) is 4.70. The number of nitrogens with zero attached hydrogens (tertiary/aromatic N) is 1. The number of rotatable bonds is 6. The maximum absolute atomic E-state index is 5.89. The van der Waals surface area contributed by atoms with E-state index in [1.165, 1.54) is 10.4 Å². The van der Waals surface area contributed by atoms with Crippen LogP contribution in [0, 0.1) is 12.8 Å². The van der Waals surface area contributed by atoms with Crippen LogP contribution in [0.25, 0.3) is 0 Å². The summed E-state index contributed by atoms with van der Waals surface area (Å²) < 4.78 is 5.17. The van der Waals surface area contributed by atoms with Crippen LogP contribution in [0.15, 0.2) is 30.5 Å². The highest BCUT2D eigenvalue weighted by Gasteiger charge is 2.11. The first-order chi connectivity index (χ1) is 9.21. The van der Waals surface area contributed by atoms with Gasteiger partial charge in [-0.15, -0.1) is 11.3 Å². The van der Waals surface area contributed by atoms with Gasteiger partial charge in [0.1, 0.15) is 5.75 Å². The fourth-order valence-electron chi connectivity index (χ4n) is 2.12. The molecule has 3 nitrogen and oxygen atoms in total. The van der Waals surface area contributed by atoms with Gasteiger partial charge in [0, 0.05) is 11.1 Å². The third-order valence-corrected chi connectivity index (χ3v) is 4.11. The molecule has 1 atom stereocenters. The number of hydrogen-bond acceptors (Lipinski definition) is 4. The van der Waals surface area contributed by atoms with Gasteiger partial charge in [-0.2, -0.15) is 0 Å². The summed E-state index contributed by atoms with van der Waals surface area (Å²) in [5.41, 5.74) is 7.19. The quantitative estimate of drug-likeness (QED) is 0.882. The van der Waals surface area contributed by atoms with Gasteiger partial charge >= 0.3 is 0 Å². The van der Waals surface area contributed by atoms with E-state index in [0.717, 1.165) is 23.6 Å². The van der Waals surface area contributed by atoms with Gasteiger partial charge < -0.3 is 10.5 Å². The van der Waals surface area contributed by atoms with Gasteiger partial charge in [-0.25, -0.2) is 4.98 Å². The van der Waals surface area contributed by atoms with E-state index in [9.17, 15) is 0 Å². The average molecular weight is 276 g/mol. The van der Waals surface area contributed by atoms with Crippen molar-refractivity contribution in [2.24, 2.45) is 11.7 Å². The molecule has 2 rings (SSSR count). The summed E-state index contributed by atoms with van der Waals surface area (Å²) in [7, 11) is 1.68. The van der Waals surface area contributed by atoms with Crippen molar-refractivity contribution in [3.05, 3.63) is 45.9 Å². The molecule has 0 bridgehead atoms. The minimum absolute atomic E-state index is 0.466. The van der Waals surface area contributed by atoms with Crippen molar-refractivity contribution in [1.82, 2.24) is 4.98 Å². The van der Waals surface area contributed by atoms with Crippen LogP contribution in [0.2, 0.25) is 0 Å². The summed E-state index contributed by atoms with van der Waals surface area (Å²) in [5.74, 6) is 1.36. The smallest absolute Gasteiger partial charge is 0.118 e.